The van der Waals surface area contributed by atoms with Crippen LogP contribution in [0.3, 0.4) is 0 Å². The van der Waals surface area contributed by atoms with Gasteiger partial charge in [0.25, 0.3) is 5.91 Å². The maximum absolute atomic E-state index is 12.6. The number of nitrogens with two attached hydrogens (primary N) is 1. The molecule has 2 aromatic rings. The van der Waals surface area contributed by atoms with Crippen molar-refractivity contribution < 1.29 is 14.4 Å². The predicted molar refractivity (Wildman–Crippen MR) is 104 cm³/mol. The SMILES string of the molecule is CC(=O)Nc1ccccc1C(=O)N[C@@H](Cc1ccccc1I)C(N)=O. The van der Waals surface area contributed by atoms with Crippen molar-refractivity contribution in [2.45, 2.75) is 19.4 Å². The largest absolute Gasteiger partial charge is 0.368 e. The first-order chi connectivity index (χ1) is 11.9. The average Bonchev–Trinajstić information content (AvgIpc) is 2.55. The lowest BCUT2D eigenvalue weighted by atomic mass is 10.0. The van der Waals surface area contributed by atoms with Crippen LogP contribution in [0.25, 0.3) is 0 Å². The van der Waals surface area contributed by atoms with E-state index in [1.54, 1.807) is 24.3 Å². The van der Waals surface area contributed by atoms with Gasteiger partial charge in [0.05, 0.1) is 11.3 Å². The van der Waals surface area contributed by atoms with Crippen molar-refractivity contribution in [2.75, 3.05) is 5.32 Å². The van der Waals surface area contributed by atoms with Crippen molar-refractivity contribution in [1.82, 2.24) is 5.32 Å². The molecule has 25 heavy (non-hydrogen) atoms. The van der Waals surface area contributed by atoms with Gasteiger partial charge in [-0.3, -0.25) is 14.4 Å². The lowest BCUT2D eigenvalue weighted by Crippen LogP contribution is -2.46. The second-order valence-electron chi connectivity index (χ2n) is 5.45. The van der Waals surface area contributed by atoms with Gasteiger partial charge in [0.1, 0.15) is 6.04 Å². The van der Waals surface area contributed by atoms with E-state index in [1.165, 1.54) is 6.92 Å². The van der Waals surface area contributed by atoms with E-state index in [2.05, 4.69) is 33.2 Å². The minimum atomic E-state index is -0.853. The first-order valence-corrected chi connectivity index (χ1v) is 8.66. The van der Waals surface area contributed by atoms with Crippen molar-refractivity contribution in [3.05, 3.63) is 63.2 Å². The normalized spacial score (nSPS) is 11.4. The van der Waals surface area contributed by atoms with Gasteiger partial charge in [0.15, 0.2) is 0 Å². The van der Waals surface area contributed by atoms with Gasteiger partial charge < -0.3 is 16.4 Å². The second kappa shape index (κ2) is 8.61. The Labute approximate surface area is 159 Å². The van der Waals surface area contributed by atoms with Crippen LogP contribution in [-0.4, -0.2) is 23.8 Å². The van der Waals surface area contributed by atoms with Crippen LogP contribution in [-0.2, 0) is 16.0 Å². The number of rotatable bonds is 6. The highest BCUT2D eigenvalue weighted by atomic mass is 127. The van der Waals surface area contributed by atoms with E-state index >= 15 is 0 Å². The zero-order chi connectivity index (χ0) is 18.4. The highest BCUT2D eigenvalue weighted by Crippen LogP contribution is 2.17. The van der Waals surface area contributed by atoms with Gasteiger partial charge in [-0.25, -0.2) is 0 Å². The molecular weight excluding hydrogens is 433 g/mol. The number of primary amides is 1. The Morgan fingerprint density at radius 2 is 1.72 bits per heavy atom. The van der Waals surface area contributed by atoms with Gasteiger partial charge in [-0.2, -0.15) is 0 Å². The van der Waals surface area contributed by atoms with Crippen molar-refractivity contribution in [3.8, 4) is 0 Å². The average molecular weight is 451 g/mol. The van der Waals surface area contributed by atoms with Gasteiger partial charge in [-0.05, 0) is 46.4 Å². The molecule has 0 unspecified atom stereocenters. The number of anilines is 1. The molecule has 130 valence electrons. The molecule has 0 aliphatic heterocycles. The molecule has 0 fully saturated rings. The molecular formula is C18H18IN3O3. The van der Waals surface area contributed by atoms with E-state index in [1.807, 2.05) is 24.3 Å². The summed E-state index contributed by atoms with van der Waals surface area (Å²) in [4.78, 5) is 35.6. The fraction of sp³-hybridized carbons (Fsp3) is 0.167. The van der Waals surface area contributed by atoms with Crippen LogP contribution in [0.1, 0.15) is 22.8 Å². The van der Waals surface area contributed by atoms with Gasteiger partial charge in [-0.1, -0.05) is 30.3 Å². The zero-order valence-corrected chi connectivity index (χ0v) is 15.7. The van der Waals surface area contributed by atoms with Crippen LogP contribution in [0.4, 0.5) is 5.69 Å². The summed E-state index contributed by atoms with van der Waals surface area (Å²) >= 11 is 2.17. The summed E-state index contributed by atoms with van der Waals surface area (Å²) in [5.74, 6) is -1.38. The maximum Gasteiger partial charge on any atom is 0.254 e. The van der Waals surface area contributed by atoms with Crippen molar-refractivity contribution >= 4 is 46.0 Å². The monoisotopic (exact) mass is 451 g/mol. The molecule has 1 atom stereocenters. The van der Waals surface area contributed by atoms with Crippen LogP contribution in [0.5, 0.6) is 0 Å². The molecule has 3 amide bonds. The molecule has 0 aliphatic carbocycles. The van der Waals surface area contributed by atoms with Crippen molar-refractivity contribution in [2.24, 2.45) is 5.73 Å². The van der Waals surface area contributed by atoms with E-state index < -0.39 is 17.9 Å². The molecule has 2 aromatic carbocycles. The molecule has 4 N–H and O–H groups in total. The van der Waals surface area contributed by atoms with Crippen LogP contribution in [0, 0.1) is 3.57 Å². The highest BCUT2D eigenvalue weighted by Gasteiger charge is 2.22. The summed E-state index contributed by atoms with van der Waals surface area (Å²) in [6.45, 7) is 1.36. The molecule has 0 saturated carbocycles. The van der Waals surface area contributed by atoms with Crippen LogP contribution < -0.4 is 16.4 Å². The number of carbonyl (C=O) groups excluding carboxylic acids is 3. The molecule has 0 radical (unpaired) electrons. The number of para-hydroxylation sites is 1. The van der Waals surface area contributed by atoms with Gasteiger partial charge in [0, 0.05) is 16.9 Å². The first-order valence-electron chi connectivity index (χ1n) is 7.58. The molecule has 7 heteroatoms. The van der Waals surface area contributed by atoms with Crippen molar-refractivity contribution in [3.63, 3.8) is 0 Å². The van der Waals surface area contributed by atoms with Crippen LogP contribution >= 0.6 is 22.6 Å². The molecule has 0 heterocycles. The van der Waals surface area contributed by atoms with Gasteiger partial charge >= 0.3 is 0 Å². The molecule has 0 aliphatic rings. The van der Waals surface area contributed by atoms with E-state index in [0.717, 1.165) is 9.13 Å². The minimum absolute atomic E-state index is 0.270. The lowest BCUT2D eigenvalue weighted by molar-refractivity contribution is -0.119. The van der Waals surface area contributed by atoms with E-state index in [0.29, 0.717) is 12.1 Å². The van der Waals surface area contributed by atoms with E-state index in [4.69, 9.17) is 5.73 Å². The summed E-state index contributed by atoms with van der Waals surface area (Å²) in [6.07, 6.45) is 0.294. The summed E-state index contributed by atoms with van der Waals surface area (Å²) in [5, 5.41) is 5.25. The van der Waals surface area contributed by atoms with Crippen LogP contribution in [0.15, 0.2) is 48.5 Å². The molecule has 2 rings (SSSR count). The second-order valence-corrected chi connectivity index (χ2v) is 6.61. The highest BCUT2D eigenvalue weighted by molar-refractivity contribution is 14.1. The number of amides is 3. The van der Waals surface area contributed by atoms with E-state index in [-0.39, 0.29) is 11.5 Å². The Morgan fingerprint density at radius 3 is 2.36 bits per heavy atom. The molecule has 0 aromatic heterocycles. The zero-order valence-electron chi connectivity index (χ0n) is 13.6. The Balaban J connectivity index is 2.20. The number of nitrogens with one attached hydrogen (secondary N) is 2. The Bertz CT molecular complexity index is 808. The molecule has 0 saturated heterocycles. The fourth-order valence-electron chi connectivity index (χ4n) is 2.32. The Morgan fingerprint density at radius 1 is 1.08 bits per heavy atom. The number of hydrogen-bond donors (Lipinski definition) is 3. The topological polar surface area (TPSA) is 101 Å². The predicted octanol–water partition coefficient (Wildman–Crippen LogP) is 2.08. The smallest absolute Gasteiger partial charge is 0.254 e. The van der Waals surface area contributed by atoms with Crippen LogP contribution in [0.2, 0.25) is 0 Å². The third-order valence-corrected chi connectivity index (χ3v) is 4.57. The summed E-state index contributed by atoms with van der Waals surface area (Å²) in [5.41, 5.74) is 7.02. The molecule has 0 bridgehead atoms. The lowest BCUT2D eigenvalue weighted by Gasteiger charge is -2.17. The Hall–Kier alpha value is -2.42. The number of benzene rings is 2. The maximum atomic E-state index is 12.6. The van der Waals surface area contributed by atoms with E-state index in [9.17, 15) is 14.4 Å². The van der Waals surface area contributed by atoms with Crippen molar-refractivity contribution in [1.29, 1.82) is 0 Å². The third kappa shape index (κ3) is 5.28. The summed E-state index contributed by atoms with van der Waals surface area (Å²) in [7, 11) is 0. The summed E-state index contributed by atoms with van der Waals surface area (Å²) in [6, 6.07) is 13.3. The molecule has 0 spiro atoms. The first kappa shape index (κ1) is 18.9. The standard InChI is InChI=1S/C18H18IN3O3/c1-11(23)21-15-9-5-3-7-13(15)18(25)22-16(17(20)24)10-12-6-2-4-8-14(12)19/h2-9,16H,10H2,1H3,(H2,20,24)(H,21,23)(H,22,25)/t16-/m0/s1. The number of carbonyl (C=O) groups is 3. The fourth-order valence-corrected chi connectivity index (χ4v) is 2.93. The summed E-state index contributed by atoms with van der Waals surface area (Å²) < 4.78 is 0.985. The quantitative estimate of drug-likeness (QED) is 0.587. The number of hydrogen-bond acceptors (Lipinski definition) is 3. The Kier molecular flexibility index (Phi) is 6.51. The minimum Gasteiger partial charge on any atom is -0.368 e. The number of halogens is 1. The van der Waals surface area contributed by atoms with Gasteiger partial charge in [0.2, 0.25) is 11.8 Å². The third-order valence-electron chi connectivity index (χ3n) is 3.51. The van der Waals surface area contributed by atoms with Gasteiger partial charge in [-0.15, -0.1) is 0 Å². The molecule has 6 nitrogen and oxygen atoms in total.